The van der Waals surface area contributed by atoms with Gasteiger partial charge < -0.3 is 10.6 Å². The molecular weight excluding hydrogens is 348 g/mol. The normalized spacial score (nSPS) is 10.8. The number of nitriles is 2. The Morgan fingerprint density at radius 1 is 1.07 bits per heavy atom. The highest BCUT2D eigenvalue weighted by molar-refractivity contribution is 5.69. The van der Waals surface area contributed by atoms with Gasteiger partial charge in [0.05, 0.1) is 19.1 Å². The molecule has 0 spiro atoms. The number of hydrogen-bond donors (Lipinski definition) is 2. The second-order valence-corrected chi connectivity index (χ2v) is 6.11. The van der Waals surface area contributed by atoms with Gasteiger partial charge in [-0.15, -0.1) is 0 Å². The predicted octanol–water partition coefficient (Wildman–Crippen LogP) is 4.99. The summed E-state index contributed by atoms with van der Waals surface area (Å²) in [6, 6.07) is 14.7. The summed E-state index contributed by atoms with van der Waals surface area (Å²) in [6.45, 7) is 3.98. The summed E-state index contributed by atoms with van der Waals surface area (Å²) in [5.41, 5.74) is 4.90. The highest BCUT2D eigenvalue weighted by atomic mass is 15.1. The molecule has 136 valence electrons. The second-order valence-electron chi connectivity index (χ2n) is 6.11. The summed E-state index contributed by atoms with van der Waals surface area (Å²) in [7, 11) is 0. The van der Waals surface area contributed by atoms with E-state index in [0.717, 1.165) is 22.4 Å². The number of nitrogens with one attached hydrogen (secondary N) is 2. The second kappa shape index (κ2) is 8.48. The van der Waals surface area contributed by atoms with Crippen molar-refractivity contribution in [2.75, 3.05) is 10.6 Å². The summed E-state index contributed by atoms with van der Waals surface area (Å²) >= 11 is 0. The lowest BCUT2D eigenvalue weighted by molar-refractivity contribution is 1.16. The number of anilines is 4. The number of benzene rings is 2. The van der Waals surface area contributed by atoms with Crippen molar-refractivity contribution in [3.63, 3.8) is 0 Å². The Hall–Kier alpha value is -4.16. The molecule has 0 radical (unpaired) electrons. The summed E-state index contributed by atoms with van der Waals surface area (Å²) in [4.78, 5) is 8.69. The van der Waals surface area contributed by atoms with Crippen molar-refractivity contribution in [3.8, 4) is 12.1 Å². The fourth-order valence-corrected chi connectivity index (χ4v) is 2.74. The molecule has 0 unspecified atom stereocenters. The van der Waals surface area contributed by atoms with Gasteiger partial charge in [0.25, 0.3) is 0 Å². The molecule has 3 rings (SSSR count). The topological polar surface area (TPSA) is 97.4 Å². The standard InChI is InChI=1S/C22H18N6/c1-15-12-18(4-3-10-23)13-16(2)21(15)27-20-9-11-25-22(28-20)26-19-7-5-17(14-24)6-8-19/h3-9,11-13H,1-2H3,(H2,25,26,27,28)/i5D. The van der Waals surface area contributed by atoms with Gasteiger partial charge in [0.2, 0.25) is 5.95 Å². The van der Waals surface area contributed by atoms with Crippen LogP contribution in [0.15, 0.2) is 54.7 Å². The van der Waals surface area contributed by atoms with Gasteiger partial charge in [-0.25, -0.2) is 4.98 Å². The fraction of sp³-hybridized carbons (Fsp3) is 0.0909. The Kier molecular flexibility index (Phi) is 5.23. The zero-order valence-electron chi connectivity index (χ0n) is 16.5. The molecule has 1 heterocycles. The lowest BCUT2D eigenvalue weighted by Crippen LogP contribution is -2.02. The summed E-state index contributed by atoms with van der Waals surface area (Å²) < 4.78 is 7.84. The molecule has 0 bridgehead atoms. The SMILES string of the molecule is [2H]c1cc(Nc2nccc(Nc3c(C)cc(C=CC#N)cc3C)n2)ccc1C#N. The van der Waals surface area contributed by atoms with Crippen LogP contribution in [0.1, 0.15) is 23.6 Å². The van der Waals surface area contributed by atoms with E-state index in [1.165, 1.54) is 6.08 Å². The third-order valence-corrected chi connectivity index (χ3v) is 4.00. The molecule has 0 atom stereocenters. The minimum atomic E-state index is 0.142. The van der Waals surface area contributed by atoms with Crippen LogP contribution in [0.25, 0.3) is 6.08 Å². The molecule has 6 heteroatoms. The zero-order chi connectivity index (χ0) is 20.8. The van der Waals surface area contributed by atoms with Crippen LogP contribution >= 0.6 is 0 Å². The molecule has 0 aliphatic heterocycles. The molecule has 0 aliphatic rings. The summed E-state index contributed by atoms with van der Waals surface area (Å²) in [5.74, 6) is 0.997. The molecule has 0 saturated carbocycles. The molecule has 0 fully saturated rings. The van der Waals surface area contributed by atoms with E-state index in [-0.39, 0.29) is 6.04 Å². The largest absolute Gasteiger partial charge is 0.340 e. The van der Waals surface area contributed by atoms with Crippen LogP contribution in [-0.2, 0) is 0 Å². The van der Waals surface area contributed by atoms with Crippen LogP contribution in [0.3, 0.4) is 0 Å². The van der Waals surface area contributed by atoms with E-state index in [1.54, 1.807) is 36.5 Å². The molecule has 28 heavy (non-hydrogen) atoms. The highest BCUT2D eigenvalue weighted by Crippen LogP contribution is 2.26. The first kappa shape index (κ1) is 17.3. The van der Waals surface area contributed by atoms with Crippen LogP contribution in [0.2, 0.25) is 0 Å². The van der Waals surface area contributed by atoms with Gasteiger partial charge in [-0.1, -0.05) is 0 Å². The average Bonchev–Trinajstić information content (AvgIpc) is 2.69. The van der Waals surface area contributed by atoms with E-state index in [4.69, 9.17) is 11.9 Å². The quantitative estimate of drug-likeness (QED) is 0.617. The maximum atomic E-state index is 8.94. The van der Waals surface area contributed by atoms with E-state index < -0.39 is 0 Å². The monoisotopic (exact) mass is 367 g/mol. The third kappa shape index (κ3) is 4.51. The summed E-state index contributed by atoms with van der Waals surface area (Å²) in [5, 5.41) is 24.0. The molecule has 2 aromatic carbocycles. The smallest absolute Gasteiger partial charge is 0.229 e. The molecule has 0 saturated heterocycles. The van der Waals surface area contributed by atoms with E-state index in [1.807, 2.05) is 38.1 Å². The molecule has 3 aromatic rings. The fourth-order valence-electron chi connectivity index (χ4n) is 2.74. The first-order chi connectivity index (χ1) is 14.0. The average molecular weight is 367 g/mol. The number of aromatic nitrogens is 2. The Balaban J connectivity index is 1.82. The third-order valence-electron chi connectivity index (χ3n) is 4.00. The molecular formula is C22H18N6. The van der Waals surface area contributed by atoms with E-state index in [2.05, 4.69) is 20.6 Å². The minimum Gasteiger partial charge on any atom is -0.340 e. The van der Waals surface area contributed by atoms with E-state index in [9.17, 15) is 0 Å². The number of nitrogens with zero attached hydrogens (tertiary/aromatic N) is 4. The Bertz CT molecular complexity index is 1150. The van der Waals surface area contributed by atoms with Crippen molar-refractivity contribution in [3.05, 3.63) is 77.0 Å². The van der Waals surface area contributed by atoms with Crippen LogP contribution < -0.4 is 10.6 Å². The van der Waals surface area contributed by atoms with Gasteiger partial charge in [-0.05, 0) is 79.1 Å². The van der Waals surface area contributed by atoms with Gasteiger partial charge in [0, 0.05) is 23.6 Å². The van der Waals surface area contributed by atoms with Gasteiger partial charge in [0.15, 0.2) is 0 Å². The number of rotatable bonds is 5. The van der Waals surface area contributed by atoms with Gasteiger partial charge in [0.1, 0.15) is 5.82 Å². The van der Waals surface area contributed by atoms with Crippen molar-refractivity contribution < 1.29 is 1.37 Å². The van der Waals surface area contributed by atoms with Crippen molar-refractivity contribution in [2.24, 2.45) is 0 Å². The van der Waals surface area contributed by atoms with Crippen LogP contribution in [-0.4, -0.2) is 9.97 Å². The van der Waals surface area contributed by atoms with Gasteiger partial charge >= 0.3 is 0 Å². The summed E-state index contributed by atoms with van der Waals surface area (Å²) in [6.07, 6.45) is 4.86. The lowest BCUT2D eigenvalue weighted by Gasteiger charge is -2.14. The first-order valence-electron chi connectivity index (χ1n) is 9.05. The van der Waals surface area contributed by atoms with Crippen molar-refractivity contribution in [2.45, 2.75) is 13.8 Å². The first-order valence-corrected chi connectivity index (χ1v) is 8.55. The predicted molar refractivity (Wildman–Crippen MR) is 110 cm³/mol. The van der Waals surface area contributed by atoms with Crippen LogP contribution in [0.4, 0.5) is 23.1 Å². The molecule has 0 amide bonds. The lowest BCUT2D eigenvalue weighted by atomic mass is 10.0. The maximum absolute atomic E-state index is 8.94. The molecule has 2 N–H and O–H groups in total. The Morgan fingerprint density at radius 2 is 1.86 bits per heavy atom. The van der Waals surface area contributed by atoms with Gasteiger partial charge in [-0.3, -0.25) is 0 Å². The van der Waals surface area contributed by atoms with Crippen LogP contribution in [0, 0.1) is 36.5 Å². The number of aryl methyl sites for hydroxylation is 2. The zero-order valence-corrected chi connectivity index (χ0v) is 15.5. The Morgan fingerprint density at radius 3 is 2.54 bits per heavy atom. The molecule has 6 nitrogen and oxygen atoms in total. The number of hydrogen-bond acceptors (Lipinski definition) is 6. The van der Waals surface area contributed by atoms with Crippen LogP contribution in [0.5, 0.6) is 0 Å². The van der Waals surface area contributed by atoms with Crippen molar-refractivity contribution in [1.29, 1.82) is 10.5 Å². The van der Waals surface area contributed by atoms with E-state index in [0.29, 0.717) is 23.0 Å². The van der Waals surface area contributed by atoms with Gasteiger partial charge in [-0.2, -0.15) is 15.5 Å². The van der Waals surface area contributed by atoms with E-state index >= 15 is 0 Å². The molecule has 1 aromatic heterocycles. The molecule has 0 aliphatic carbocycles. The van der Waals surface area contributed by atoms with Crippen molar-refractivity contribution in [1.82, 2.24) is 9.97 Å². The highest BCUT2D eigenvalue weighted by Gasteiger charge is 2.07. The minimum absolute atomic E-state index is 0.142. The van der Waals surface area contributed by atoms with Crippen molar-refractivity contribution >= 4 is 29.2 Å². The maximum Gasteiger partial charge on any atom is 0.229 e. The number of allylic oxidation sites excluding steroid dienone is 1. The Labute approximate surface area is 165 Å².